The second kappa shape index (κ2) is 9.62. The molecule has 4 rings (SSSR count). The summed E-state index contributed by atoms with van der Waals surface area (Å²) in [5.41, 5.74) is 7.59. The number of carbonyl (C=O) groups excluding carboxylic acids is 1. The number of primary amides is 1. The van der Waals surface area contributed by atoms with Gasteiger partial charge in [-0.3, -0.25) is 9.48 Å². The molecule has 1 fully saturated rings. The van der Waals surface area contributed by atoms with E-state index in [1.165, 1.54) is 17.7 Å². The second-order valence-electron chi connectivity index (χ2n) is 8.05. The molecule has 3 aromatic rings. The lowest BCUT2D eigenvalue weighted by atomic mass is 9.82. The van der Waals surface area contributed by atoms with Crippen molar-refractivity contribution in [3.8, 4) is 6.07 Å². The Morgan fingerprint density at radius 1 is 1.19 bits per heavy atom. The van der Waals surface area contributed by atoms with E-state index in [9.17, 15) is 14.4 Å². The smallest absolute Gasteiger partial charge is 0.254 e. The molecule has 1 aromatic heterocycles. The molecule has 1 aliphatic rings. The number of benzene rings is 2. The lowest BCUT2D eigenvalue weighted by Crippen LogP contribution is -2.38. The van der Waals surface area contributed by atoms with Crippen LogP contribution in [0.1, 0.15) is 41.2 Å². The van der Waals surface area contributed by atoms with Crippen LogP contribution in [0, 0.1) is 23.1 Å². The van der Waals surface area contributed by atoms with Crippen LogP contribution in [0.25, 0.3) is 0 Å². The molecule has 0 spiro atoms. The Labute approximate surface area is 186 Å². The van der Waals surface area contributed by atoms with Gasteiger partial charge in [0.15, 0.2) is 5.82 Å². The fourth-order valence-electron chi connectivity index (χ4n) is 4.14. The third-order valence-electron chi connectivity index (χ3n) is 5.86. The van der Waals surface area contributed by atoms with Gasteiger partial charge in [0.05, 0.1) is 18.0 Å². The molecule has 1 heterocycles. The molecule has 164 valence electrons. The van der Waals surface area contributed by atoms with Crippen LogP contribution in [0.3, 0.4) is 0 Å². The summed E-state index contributed by atoms with van der Waals surface area (Å²) in [5.74, 6) is -0.905. The summed E-state index contributed by atoms with van der Waals surface area (Å²) < 4.78 is 14.9. The quantitative estimate of drug-likeness (QED) is 0.525. The fourth-order valence-corrected chi connectivity index (χ4v) is 4.14. The zero-order valence-electron chi connectivity index (χ0n) is 17.5. The fraction of sp³-hybridized carbons (Fsp3) is 0.292. The number of hydrogen-bond acceptors (Lipinski definition) is 5. The number of nitrogens with one attached hydrogen (secondary N) is 2. The number of nitriles is 1. The molecule has 32 heavy (non-hydrogen) atoms. The van der Waals surface area contributed by atoms with Crippen LogP contribution >= 0.6 is 0 Å². The third kappa shape index (κ3) is 4.95. The van der Waals surface area contributed by atoms with Crippen LogP contribution in [-0.2, 0) is 6.54 Å². The van der Waals surface area contributed by atoms with Crippen molar-refractivity contribution in [2.45, 2.75) is 37.9 Å². The van der Waals surface area contributed by atoms with Gasteiger partial charge in [0.1, 0.15) is 11.4 Å². The van der Waals surface area contributed by atoms with Crippen LogP contribution in [-0.4, -0.2) is 21.7 Å². The van der Waals surface area contributed by atoms with Crippen LogP contribution < -0.4 is 16.4 Å². The largest absolute Gasteiger partial charge is 0.365 e. The number of amides is 1. The minimum Gasteiger partial charge on any atom is -0.365 e. The van der Waals surface area contributed by atoms with Gasteiger partial charge in [0.25, 0.3) is 5.91 Å². The lowest BCUT2D eigenvalue weighted by molar-refractivity contribution is 0.100. The normalized spacial score (nSPS) is 20.4. The van der Waals surface area contributed by atoms with Crippen molar-refractivity contribution in [3.05, 3.63) is 77.7 Å². The zero-order valence-corrected chi connectivity index (χ0v) is 17.5. The summed E-state index contributed by atoms with van der Waals surface area (Å²) in [7, 11) is 0. The van der Waals surface area contributed by atoms with Gasteiger partial charge in [-0.2, -0.15) is 10.4 Å². The van der Waals surface area contributed by atoms with Crippen LogP contribution in [0.2, 0.25) is 0 Å². The number of carbonyl (C=O) groups is 1. The standard InChI is InChI=1S/C24H25FN6O/c25-18-7-10-19(11-8-18)29-24-21(23(27)32)15-31(30-24)22-12-20(9-6-17(22)13-26)28-14-16-4-2-1-3-5-16/h1-5,7-8,10-11,15,17,20,22,28H,6,9,12,14H2,(H2,27,32)(H,29,30)/t17-,20+,22+/m1/s1. The van der Waals surface area contributed by atoms with E-state index < -0.39 is 5.91 Å². The number of rotatable bonds is 7. The molecule has 0 saturated heterocycles. The van der Waals surface area contributed by atoms with Crippen LogP contribution in [0.15, 0.2) is 60.8 Å². The van der Waals surface area contributed by atoms with Crippen LogP contribution in [0.4, 0.5) is 15.9 Å². The van der Waals surface area contributed by atoms with E-state index in [0.717, 1.165) is 19.4 Å². The maximum Gasteiger partial charge on any atom is 0.254 e. The summed E-state index contributed by atoms with van der Waals surface area (Å²) >= 11 is 0. The van der Waals surface area contributed by atoms with Crippen molar-refractivity contribution in [1.82, 2.24) is 15.1 Å². The monoisotopic (exact) mass is 432 g/mol. The topological polar surface area (TPSA) is 109 Å². The zero-order chi connectivity index (χ0) is 22.5. The van der Waals surface area contributed by atoms with Gasteiger partial charge in [-0.1, -0.05) is 30.3 Å². The van der Waals surface area contributed by atoms with Crippen molar-refractivity contribution in [2.75, 3.05) is 5.32 Å². The molecule has 1 aliphatic carbocycles. The molecule has 0 bridgehead atoms. The second-order valence-corrected chi connectivity index (χ2v) is 8.05. The average Bonchev–Trinajstić information content (AvgIpc) is 3.23. The van der Waals surface area contributed by atoms with E-state index in [1.54, 1.807) is 23.0 Å². The van der Waals surface area contributed by atoms with E-state index >= 15 is 0 Å². The van der Waals surface area contributed by atoms with Crippen molar-refractivity contribution in [3.63, 3.8) is 0 Å². The minimum atomic E-state index is -0.621. The Hall–Kier alpha value is -3.70. The molecular formula is C24H25FN6O. The van der Waals surface area contributed by atoms with E-state index in [1.807, 2.05) is 18.2 Å². The SMILES string of the molecule is N#C[C@H]1CC[C@H](NCc2ccccc2)C[C@@H]1n1cc(C(N)=O)c(Nc2ccc(F)cc2)n1. The Morgan fingerprint density at radius 2 is 1.94 bits per heavy atom. The van der Waals surface area contributed by atoms with Gasteiger partial charge in [0, 0.05) is 24.5 Å². The molecule has 8 heteroatoms. The highest BCUT2D eigenvalue weighted by Crippen LogP contribution is 2.35. The summed E-state index contributed by atoms with van der Waals surface area (Å²) in [5, 5.41) is 20.9. The maximum atomic E-state index is 13.2. The number of hydrogen-bond donors (Lipinski definition) is 3. The molecule has 4 N–H and O–H groups in total. The Balaban J connectivity index is 1.53. The van der Waals surface area contributed by atoms with Gasteiger partial charge in [-0.25, -0.2) is 4.39 Å². The third-order valence-corrected chi connectivity index (χ3v) is 5.86. The molecular weight excluding hydrogens is 407 g/mol. The predicted molar refractivity (Wildman–Crippen MR) is 119 cm³/mol. The van der Waals surface area contributed by atoms with Gasteiger partial charge >= 0.3 is 0 Å². The van der Waals surface area contributed by atoms with Gasteiger partial charge in [0.2, 0.25) is 0 Å². The molecule has 2 aromatic carbocycles. The van der Waals surface area contributed by atoms with E-state index in [0.29, 0.717) is 17.9 Å². The molecule has 0 unspecified atom stereocenters. The first-order valence-electron chi connectivity index (χ1n) is 10.6. The van der Waals surface area contributed by atoms with Crippen LogP contribution in [0.5, 0.6) is 0 Å². The first-order chi connectivity index (χ1) is 15.5. The van der Waals surface area contributed by atoms with Crippen molar-refractivity contribution in [2.24, 2.45) is 11.7 Å². The summed E-state index contributed by atoms with van der Waals surface area (Å²) in [6, 6.07) is 18.3. The highest BCUT2D eigenvalue weighted by Gasteiger charge is 2.33. The molecule has 0 radical (unpaired) electrons. The molecule has 1 amide bonds. The summed E-state index contributed by atoms with van der Waals surface area (Å²) in [6.07, 6.45) is 3.94. The number of halogens is 1. The maximum absolute atomic E-state index is 13.2. The van der Waals surface area contributed by atoms with Gasteiger partial charge in [-0.15, -0.1) is 0 Å². The van der Waals surface area contributed by atoms with Crippen molar-refractivity contribution < 1.29 is 9.18 Å². The number of nitrogens with zero attached hydrogens (tertiary/aromatic N) is 3. The summed E-state index contributed by atoms with van der Waals surface area (Å²) in [4.78, 5) is 12.0. The van der Waals surface area contributed by atoms with E-state index in [4.69, 9.17) is 5.73 Å². The van der Waals surface area contributed by atoms with Crippen molar-refractivity contribution in [1.29, 1.82) is 5.26 Å². The number of nitrogens with two attached hydrogens (primary N) is 1. The number of anilines is 2. The first kappa shape index (κ1) is 21.5. The lowest BCUT2D eigenvalue weighted by Gasteiger charge is -2.33. The Bertz CT molecular complexity index is 1110. The molecule has 1 saturated carbocycles. The van der Waals surface area contributed by atoms with E-state index in [-0.39, 0.29) is 29.4 Å². The first-order valence-corrected chi connectivity index (χ1v) is 10.6. The highest BCUT2D eigenvalue weighted by atomic mass is 19.1. The molecule has 7 nitrogen and oxygen atoms in total. The molecule has 0 aliphatic heterocycles. The molecule has 3 atom stereocenters. The predicted octanol–water partition coefficient (Wildman–Crippen LogP) is 3.89. The van der Waals surface area contributed by atoms with Crippen molar-refractivity contribution >= 4 is 17.4 Å². The van der Waals surface area contributed by atoms with Gasteiger partial charge in [-0.05, 0) is 49.1 Å². The number of aromatic nitrogens is 2. The Kier molecular flexibility index (Phi) is 6.47. The van der Waals surface area contributed by atoms with E-state index in [2.05, 4.69) is 33.9 Å². The highest BCUT2D eigenvalue weighted by molar-refractivity contribution is 5.98. The minimum absolute atomic E-state index is 0.191. The Morgan fingerprint density at radius 3 is 2.62 bits per heavy atom. The van der Waals surface area contributed by atoms with Gasteiger partial charge < -0.3 is 16.4 Å². The summed E-state index contributed by atoms with van der Waals surface area (Å²) in [6.45, 7) is 0.748. The average molecular weight is 433 g/mol.